The lowest BCUT2D eigenvalue weighted by molar-refractivity contribution is -0.120. The third-order valence-electron chi connectivity index (χ3n) is 4.08. The van der Waals surface area contributed by atoms with Crippen molar-refractivity contribution in [3.63, 3.8) is 0 Å². The first-order valence-electron chi connectivity index (χ1n) is 7.62. The van der Waals surface area contributed by atoms with Gasteiger partial charge in [-0.05, 0) is 39.2 Å². The molecule has 0 aromatic carbocycles. The van der Waals surface area contributed by atoms with Gasteiger partial charge in [0.15, 0.2) is 0 Å². The average molecular weight is 309 g/mol. The Hall–Kier alpha value is -1.36. The highest BCUT2D eigenvalue weighted by atomic mass is 32.1. The van der Waals surface area contributed by atoms with Gasteiger partial charge in [-0.25, -0.2) is 4.79 Å². The van der Waals surface area contributed by atoms with Crippen molar-refractivity contribution in [3.8, 4) is 0 Å². The van der Waals surface area contributed by atoms with Gasteiger partial charge in [0.05, 0.1) is 12.2 Å². The van der Waals surface area contributed by atoms with E-state index in [-0.39, 0.29) is 17.8 Å². The topological polar surface area (TPSA) is 55.4 Å². The molecule has 0 saturated heterocycles. The molecule has 4 nitrogen and oxygen atoms in total. The number of carbonyl (C=O) groups is 2. The number of carbonyl (C=O) groups excluding carboxylic acids is 2. The van der Waals surface area contributed by atoms with E-state index in [1.54, 1.807) is 6.92 Å². The van der Waals surface area contributed by atoms with Crippen LogP contribution >= 0.6 is 11.3 Å². The summed E-state index contributed by atoms with van der Waals surface area (Å²) in [7, 11) is 0. The number of ether oxygens (including phenoxy) is 1. The summed E-state index contributed by atoms with van der Waals surface area (Å²) >= 11 is 1.45. The minimum atomic E-state index is -0.349. The number of aryl methyl sites for hydroxylation is 1. The molecular formula is C16H23NO3S. The summed E-state index contributed by atoms with van der Waals surface area (Å²) in [6, 6.07) is 0. The molecule has 0 unspecified atom stereocenters. The van der Waals surface area contributed by atoms with Crippen molar-refractivity contribution < 1.29 is 14.3 Å². The van der Waals surface area contributed by atoms with Gasteiger partial charge >= 0.3 is 5.97 Å². The number of hydrogen-bond donors (Lipinski definition) is 1. The van der Waals surface area contributed by atoms with E-state index in [9.17, 15) is 9.59 Å². The first-order chi connectivity index (χ1) is 10.0. The molecule has 1 aromatic rings. The molecule has 1 fully saturated rings. The summed E-state index contributed by atoms with van der Waals surface area (Å²) in [5.74, 6) is -0.226. The minimum absolute atomic E-state index is 0.0431. The highest BCUT2D eigenvalue weighted by Crippen LogP contribution is 2.34. The van der Waals surface area contributed by atoms with Gasteiger partial charge in [-0.2, -0.15) is 0 Å². The van der Waals surface area contributed by atoms with E-state index < -0.39 is 0 Å². The van der Waals surface area contributed by atoms with Gasteiger partial charge in [0.1, 0.15) is 5.00 Å². The number of esters is 1. The monoisotopic (exact) mass is 309 g/mol. The number of hydrogen-bond acceptors (Lipinski definition) is 4. The van der Waals surface area contributed by atoms with Gasteiger partial charge < -0.3 is 10.1 Å². The van der Waals surface area contributed by atoms with E-state index in [0.717, 1.165) is 36.1 Å². The van der Waals surface area contributed by atoms with E-state index in [2.05, 4.69) is 5.32 Å². The third kappa shape index (κ3) is 3.64. The van der Waals surface area contributed by atoms with E-state index in [1.807, 2.05) is 13.8 Å². The molecule has 1 saturated carbocycles. The molecule has 1 aliphatic carbocycles. The lowest BCUT2D eigenvalue weighted by Crippen LogP contribution is -2.25. The van der Waals surface area contributed by atoms with E-state index in [0.29, 0.717) is 17.2 Å². The van der Waals surface area contributed by atoms with Crippen LogP contribution in [-0.4, -0.2) is 18.5 Å². The second kappa shape index (κ2) is 7.07. The van der Waals surface area contributed by atoms with E-state index in [4.69, 9.17) is 4.74 Å². The SMILES string of the molecule is CCOC(=O)c1c(NC(=O)C2CCCCC2)sc(C)c1C. The largest absolute Gasteiger partial charge is 0.462 e. The Kier molecular flexibility index (Phi) is 5.39. The summed E-state index contributed by atoms with van der Waals surface area (Å²) in [5.41, 5.74) is 1.42. The minimum Gasteiger partial charge on any atom is -0.462 e. The van der Waals surface area contributed by atoms with Gasteiger partial charge in [0.25, 0.3) is 0 Å². The maximum atomic E-state index is 12.4. The van der Waals surface area contributed by atoms with Gasteiger partial charge in [-0.3, -0.25) is 4.79 Å². The second-order valence-corrected chi connectivity index (χ2v) is 6.76. The zero-order chi connectivity index (χ0) is 15.4. The predicted octanol–water partition coefficient (Wildman–Crippen LogP) is 4.06. The Morgan fingerprint density at radius 1 is 1.24 bits per heavy atom. The van der Waals surface area contributed by atoms with Crippen LogP contribution in [0.3, 0.4) is 0 Å². The molecular weight excluding hydrogens is 286 g/mol. The Morgan fingerprint density at radius 2 is 1.90 bits per heavy atom. The van der Waals surface area contributed by atoms with Crippen LogP contribution in [0.5, 0.6) is 0 Å². The van der Waals surface area contributed by atoms with Gasteiger partial charge in [0.2, 0.25) is 5.91 Å². The summed E-state index contributed by atoms with van der Waals surface area (Å²) in [6.07, 6.45) is 5.35. The van der Waals surface area contributed by atoms with Crippen molar-refractivity contribution in [2.24, 2.45) is 5.92 Å². The maximum absolute atomic E-state index is 12.4. The van der Waals surface area contributed by atoms with Crippen LogP contribution in [0.15, 0.2) is 0 Å². The van der Waals surface area contributed by atoms with Gasteiger partial charge in [-0.15, -0.1) is 11.3 Å². The first kappa shape index (κ1) is 16.0. The number of rotatable bonds is 4. The average Bonchev–Trinajstić information content (AvgIpc) is 2.75. The van der Waals surface area contributed by atoms with Crippen LogP contribution in [0.25, 0.3) is 0 Å². The molecule has 1 aliphatic rings. The smallest absolute Gasteiger partial charge is 0.341 e. The molecule has 2 rings (SSSR count). The summed E-state index contributed by atoms with van der Waals surface area (Å²) in [5, 5.41) is 3.60. The number of amides is 1. The molecule has 1 heterocycles. The fourth-order valence-corrected chi connectivity index (χ4v) is 3.79. The number of thiophene rings is 1. The first-order valence-corrected chi connectivity index (χ1v) is 8.44. The standard InChI is InChI=1S/C16H23NO3S/c1-4-20-16(19)13-10(2)11(3)21-15(13)17-14(18)12-8-6-5-7-9-12/h12H,4-9H2,1-3H3,(H,17,18). The Morgan fingerprint density at radius 3 is 2.52 bits per heavy atom. The van der Waals surface area contributed by atoms with Crippen LogP contribution in [0.2, 0.25) is 0 Å². The lowest BCUT2D eigenvalue weighted by Gasteiger charge is -2.20. The molecule has 0 spiro atoms. The van der Waals surface area contributed by atoms with Gasteiger partial charge in [-0.1, -0.05) is 19.3 Å². The molecule has 21 heavy (non-hydrogen) atoms. The zero-order valence-electron chi connectivity index (χ0n) is 13.0. The summed E-state index contributed by atoms with van der Waals surface area (Å²) in [6.45, 7) is 5.98. The van der Waals surface area contributed by atoms with Crippen molar-refractivity contribution >= 4 is 28.2 Å². The summed E-state index contributed by atoms with van der Waals surface area (Å²) in [4.78, 5) is 25.5. The summed E-state index contributed by atoms with van der Waals surface area (Å²) < 4.78 is 5.11. The molecule has 0 bridgehead atoms. The molecule has 116 valence electrons. The maximum Gasteiger partial charge on any atom is 0.341 e. The van der Waals surface area contributed by atoms with E-state index >= 15 is 0 Å². The van der Waals surface area contributed by atoms with Crippen molar-refractivity contribution in [1.29, 1.82) is 0 Å². The highest BCUT2D eigenvalue weighted by Gasteiger charge is 2.26. The van der Waals surface area contributed by atoms with Crippen LogP contribution < -0.4 is 5.32 Å². The quantitative estimate of drug-likeness (QED) is 0.853. The zero-order valence-corrected chi connectivity index (χ0v) is 13.8. The van der Waals surface area contributed by atoms with Crippen molar-refractivity contribution in [2.75, 3.05) is 11.9 Å². The predicted molar refractivity (Wildman–Crippen MR) is 85.0 cm³/mol. The molecule has 1 amide bonds. The van der Waals surface area contributed by atoms with Crippen molar-refractivity contribution in [2.45, 2.75) is 52.9 Å². The molecule has 1 aromatic heterocycles. The normalized spacial score (nSPS) is 15.8. The van der Waals surface area contributed by atoms with Crippen LogP contribution in [-0.2, 0) is 9.53 Å². The van der Waals surface area contributed by atoms with Crippen molar-refractivity contribution in [3.05, 3.63) is 16.0 Å². The van der Waals surface area contributed by atoms with E-state index in [1.165, 1.54) is 17.8 Å². The fraction of sp³-hybridized carbons (Fsp3) is 0.625. The fourth-order valence-electron chi connectivity index (χ4n) is 2.74. The Bertz CT molecular complexity index is 530. The molecule has 5 heteroatoms. The van der Waals surface area contributed by atoms with Crippen molar-refractivity contribution in [1.82, 2.24) is 0 Å². The second-order valence-electron chi connectivity index (χ2n) is 5.53. The molecule has 0 atom stereocenters. The van der Waals surface area contributed by atoms with Crippen LogP contribution in [0.4, 0.5) is 5.00 Å². The lowest BCUT2D eigenvalue weighted by atomic mass is 9.89. The third-order valence-corrected chi connectivity index (χ3v) is 5.20. The van der Waals surface area contributed by atoms with Crippen LogP contribution in [0.1, 0.15) is 59.8 Å². The number of nitrogens with one attached hydrogen (secondary N) is 1. The molecule has 1 N–H and O–H groups in total. The highest BCUT2D eigenvalue weighted by molar-refractivity contribution is 7.16. The molecule has 0 radical (unpaired) electrons. The number of anilines is 1. The Balaban J connectivity index is 2.17. The Labute approximate surface area is 129 Å². The van der Waals surface area contributed by atoms with Crippen LogP contribution in [0, 0.1) is 19.8 Å². The van der Waals surface area contributed by atoms with Gasteiger partial charge in [0, 0.05) is 10.8 Å². The molecule has 0 aliphatic heterocycles.